The molecule has 0 bridgehead atoms. The quantitative estimate of drug-likeness (QED) is 0.833. The summed E-state index contributed by atoms with van der Waals surface area (Å²) >= 11 is 0. The van der Waals surface area contributed by atoms with Crippen LogP contribution in [0, 0.1) is 0 Å². The Labute approximate surface area is 135 Å². The average Bonchev–Trinajstić information content (AvgIpc) is 2.53. The predicted octanol–water partition coefficient (Wildman–Crippen LogP) is 3.30. The SMILES string of the molecule is CC(C)c1ccc(CCC(=O)N2CCC(N(C)C)CC2)cc1. The third-order valence-electron chi connectivity index (χ3n) is 4.82. The maximum absolute atomic E-state index is 12.3. The van der Waals surface area contributed by atoms with Crippen molar-refractivity contribution < 1.29 is 4.79 Å². The zero-order chi connectivity index (χ0) is 16.1. The molecule has 1 amide bonds. The second kappa shape index (κ2) is 7.77. The molecule has 0 aliphatic carbocycles. The number of hydrogen-bond acceptors (Lipinski definition) is 2. The minimum absolute atomic E-state index is 0.310. The number of piperidine rings is 1. The third-order valence-corrected chi connectivity index (χ3v) is 4.82. The lowest BCUT2D eigenvalue weighted by Crippen LogP contribution is -2.44. The maximum atomic E-state index is 12.3. The van der Waals surface area contributed by atoms with Gasteiger partial charge in [-0.2, -0.15) is 0 Å². The van der Waals surface area contributed by atoms with E-state index in [0.29, 0.717) is 24.3 Å². The van der Waals surface area contributed by atoms with Crippen molar-refractivity contribution in [3.63, 3.8) is 0 Å². The van der Waals surface area contributed by atoms with Gasteiger partial charge in [-0.1, -0.05) is 38.1 Å². The number of benzene rings is 1. The molecule has 22 heavy (non-hydrogen) atoms. The molecule has 1 fully saturated rings. The van der Waals surface area contributed by atoms with Crippen LogP contribution in [0.25, 0.3) is 0 Å². The summed E-state index contributed by atoms with van der Waals surface area (Å²) in [6.45, 7) is 6.23. The lowest BCUT2D eigenvalue weighted by molar-refractivity contribution is -0.132. The molecule has 0 unspecified atom stereocenters. The largest absolute Gasteiger partial charge is 0.343 e. The molecule has 1 aromatic carbocycles. The number of carbonyl (C=O) groups excluding carboxylic acids is 1. The molecule has 1 heterocycles. The molecule has 0 radical (unpaired) electrons. The molecule has 3 nitrogen and oxygen atoms in total. The van der Waals surface area contributed by atoms with Crippen LogP contribution in [0.4, 0.5) is 0 Å². The Balaban J connectivity index is 1.78. The number of amides is 1. The molecule has 0 aromatic heterocycles. The highest BCUT2D eigenvalue weighted by Crippen LogP contribution is 2.17. The fourth-order valence-corrected chi connectivity index (χ4v) is 3.11. The van der Waals surface area contributed by atoms with E-state index in [9.17, 15) is 4.79 Å². The van der Waals surface area contributed by atoms with Crippen molar-refractivity contribution in [1.82, 2.24) is 9.80 Å². The number of aryl methyl sites for hydroxylation is 1. The number of likely N-dealkylation sites (tertiary alicyclic amines) is 1. The van der Waals surface area contributed by atoms with E-state index in [1.807, 2.05) is 4.90 Å². The standard InChI is InChI=1S/C19H30N2O/c1-15(2)17-8-5-16(6-9-17)7-10-19(22)21-13-11-18(12-14-21)20(3)4/h5-6,8-9,15,18H,7,10-14H2,1-4H3. The molecule has 1 aromatic rings. The van der Waals surface area contributed by atoms with Gasteiger partial charge in [0.15, 0.2) is 0 Å². The molecular weight excluding hydrogens is 272 g/mol. The molecule has 2 rings (SSSR count). The van der Waals surface area contributed by atoms with Gasteiger partial charge in [-0.25, -0.2) is 0 Å². The highest BCUT2D eigenvalue weighted by molar-refractivity contribution is 5.76. The van der Waals surface area contributed by atoms with Crippen molar-refractivity contribution in [3.8, 4) is 0 Å². The Morgan fingerprint density at radius 3 is 2.27 bits per heavy atom. The molecule has 0 atom stereocenters. The van der Waals surface area contributed by atoms with E-state index >= 15 is 0 Å². The molecule has 0 saturated carbocycles. The Hall–Kier alpha value is -1.35. The second-order valence-corrected chi connectivity index (χ2v) is 6.97. The average molecular weight is 302 g/mol. The van der Waals surface area contributed by atoms with E-state index in [0.717, 1.165) is 32.4 Å². The van der Waals surface area contributed by atoms with Gasteiger partial charge in [0.05, 0.1) is 0 Å². The Morgan fingerprint density at radius 1 is 1.18 bits per heavy atom. The topological polar surface area (TPSA) is 23.6 Å². The molecule has 1 saturated heterocycles. The van der Waals surface area contributed by atoms with E-state index in [1.54, 1.807) is 0 Å². The third kappa shape index (κ3) is 4.57. The van der Waals surface area contributed by atoms with Crippen LogP contribution in [0.5, 0.6) is 0 Å². The summed E-state index contributed by atoms with van der Waals surface area (Å²) in [5, 5.41) is 0. The summed E-state index contributed by atoms with van der Waals surface area (Å²) in [5.41, 5.74) is 2.63. The van der Waals surface area contributed by atoms with Crippen LogP contribution in [0.1, 0.15) is 50.2 Å². The van der Waals surface area contributed by atoms with Crippen molar-refractivity contribution in [1.29, 1.82) is 0 Å². The van der Waals surface area contributed by atoms with Gasteiger partial charge in [-0.3, -0.25) is 4.79 Å². The van der Waals surface area contributed by atoms with Crippen LogP contribution >= 0.6 is 0 Å². The summed E-state index contributed by atoms with van der Waals surface area (Å²) < 4.78 is 0. The number of nitrogens with zero attached hydrogens (tertiary/aromatic N) is 2. The molecule has 1 aliphatic rings. The number of hydrogen-bond donors (Lipinski definition) is 0. The fraction of sp³-hybridized carbons (Fsp3) is 0.632. The summed E-state index contributed by atoms with van der Waals surface area (Å²) in [6, 6.07) is 9.34. The highest BCUT2D eigenvalue weighted by Gasteiger charge is 2.23. The normalized spacial score (nSPS) is 16.5. The van der Waals surface area contributed by atoms with Crippen molar-refractivity contribution >= 4 is 5.91 Å². The Bertz CT molecular complexity index is 471. The summed E-state index contributed by atoms with van der Waals surface area (Å²) in [5.74, 6) is 0.874. The van der Waals surface area contributed by atoms with Gasteiger partial charge >= 0.3 is 0 Å². The van der Waals surface area contributed by atoms with Crippen molar-refractivity contribution in [3.05, 3.63) is 35.4 Å². The van der Waals surface area contributed by atoms with E-state index in [-0.39, 0.29) is 0 Å². The number of carbonyl (C=O) groups is 1. The van der Waals surface area contributed by atoms with E-state index < -0.39 is 0 Å². The van der Waals surface area contributed by atoms with Crippen LogP contribution in [-0.4, -0.2) is 48.9 Å². The van der Waals surface area contributed by atoms with Gasteiger partial charge in [-0.05, 0) is 50.4 Å². The molecule has 122 valence electrons. The first kappa shape index (κ1) is 17.0. The van der Waals surface area contributed by atoms with E-state index in [4.69, 9.17) is 0 Å². The van der Waals surface area contributed by atoms with Crippen molar-refractivity contribution in [2.75, 3.05) is 27.2 Å². The van der Waals surface area contributed by atoms with Gasteiger partial charge in [-0.15, -0.1) is 0 Å². The van der Waals surface area contributed by atoms with Crippen molar-refractivity contribution in [2.45, 2.75) is 51.5 Å². The van der Waals surface area contributed by atoms with Gasteiger partial charge in [0, 0.05) is 25.6 Å². The first-order chi connectivity index (χ1) is 10.5. The zero-order valence-corrected chi connectivity index (χ0v) is 14.5. The summed E-state index contributed by atoms with van der Waals surface area (Å²) in [6.07, 6.45) is 3.68. The smallest absolute Gasteiger partial charge is 0.222 e. The minimum atomic E-state index is 0.310. The molecular formula is C19H30N2O. The van der Waals surface area contributed by atoms with Crippen LogP contribution in [-0.2, 0) is 11.2 Å². The molecule has 0 spiro atoms. The monoisotopic (exact) mass is 302 g/mol. The van der Waals surface area contributed by atoms with Crippen molar-refractivity contribution in [2.24, 2.45) is 0 Å². The molecule has 1 aliphatic heterocycles. The lowest BCUT2D eigenvalue weighted by Gasteiger charge is -2.35. The molecule has 3 heteroatoms. The second-order valence-electron chi connectivity index (χ2n) is 6.97. The maximum Gasteiger partial charge on any atom is 0.222 e. The molecule has 0 N–H and O–H groups in total. The first-order valence-corrected chi connectivity index (χ1v) is 8.50. The van der Waals surface area contributed by atoms with Gasteiger partial charge in [0.1, 0.15) is 0 Å². The Morgan fingerprint density at radius 2 is 1.77 bits per heavy atom. The highest BCUT2D eigenvalue weighted by atomic mass is 16.2. The summed E-state index contributed by atoms with van der Waals surface area (Å²) in [4.78, 5) is 16.7. The van der Waals surface area contributed by atoms with Crippen LogP contribution in [0.2, 0.25) is 0 Å². The minimum Gasteiger partial charge on any atom is -0.343 e. The van der Waals surface area contributed by atoms with Gasteiger partial charge in [0.25, 0.3) is 0 Å². The zero-order valence-electron chi connectivity index (χ0n) is 14.5. The van der Waals surface area contributed by atoms with Crippen LogP contribution in [0.15, 0.2) is 24.3 Å². The lowest BCUT2D eigenvalue weighted by atomic mass is 9.99. The van der Waals surface area contributed by atoms with E-state index in [1.165, 1.54) is 11.1 Å². The van der Waals surface area contributed by atoms with Crippen LogP contribution in [0.3, 0.4) is 0 Å². The van der Waals surface area contributed by atoms with Gasteiger partial charge < -0.3 is 9.80 Å². The fourth-order valence-electron chi connectivity index (χ4n) is 3.11. The van der Waals surface area contributed by atoms with Crippen LogP contribution < -0.4 is 0 Å². The van der Waals surface area contributed by atoms with Gasteiger partial charge in [0.2, 0.25) is 5.91 Å². The first-order valence-electron chi connectivity index (χ1n) is 8.50. The summed E-state index contributed by atoms with van der Waals surface area (Å²) in [7, 11) is 4.26. The predicted molar refractivity (Wildman–Crippen MR) is 92.1 cm³/mol. The number of rotatable bonds is 5. The Kier molecular flexibility index (Phi) is 6.01. The van der Waals surface area contributed by atoms with E-state index in [2.05, 4.69) is 57.1 Å².